The molecule has 2 atom stereocenters. The van der Waals surface area contributed by atoms with Crippen molar-refractivity contribution in [2.24, 2.45) is 0 Å². The zero-order chi connectivity index (χ0) is 18.7. The fourth-order valence-electron chi connectivity index (χ4n) is 3.71. The Balaban J connectivity index is 1.95. The van der Waals surface area contributed by atoms with E-state index in [2.05, 4.69) is 0 Å². The highest BCUT2D eigenvalue weighted by molar-refractivity contribution is 5.92. The number of rotatable bonds is 4. The number of ketones is 1. The second-order valence-electron chi connectivity index (χ2n) is 6.65. The molecule has 1 fully saturated rings. The van der Waals surface area contributed by atoms with Crippen LogP contribution in [0.3, 0.4) is 0 Å². The number of carbonyl (C=O) groups excluding carboxylic acids is 1. The fraction of sp³-hybridized carbons (Fsp3) is 0.381. The Morgan fingerprint density at radius 3 is 1.62 bits per heavy atom. The normalized spacial score (nSPS) is 20.5. The zero-order valence-corrected chi connectivity index (χ0v) is 15.1. The number of phenolic OH excluding ortho intramolecular Hbond substituents is 2. The van der Waals surface area contributed by atoms with Crippen LogP contribution in [0.5, 0.6) is 23.0 Å². The summed E-state index contributed by atoms with van der Waals surface area (Å²) in [6, 6.07) is 10.2. The lowest BCUT2D eigenvalue weighted by molar-refractivity contribution is -0.121. The molecule has 0 aromatic heterocycles. The first-order valence-corrected chi connectivity index (χ1v) is 8.82. The van der Waals surface area contributed by atoms with E-state index in [9.17, 15) is 15.0 Å². The van der Waals surface area contributed by atoms with Crippen LogP contribution in [0.15, 0.2) is 36.4 Å². The number of aromatic hydroxyl groups is 2. The standard InChI is InChI=1S/C21H24O5/c1-25-19-11-13(7-9-17(19)22)15-5-3-4-6-16(21(15)24)14-8-10-18(23)20(12-14)26-2/h7-12,15-16,22-23H,3-6H2,1-2H3. The molecule has 26 heavy (non-hydrogen) atoms. The molecule has 2 unspecified atom stereocenters. The fourth-order valence-corrected chi connectivity index (χ4v) is 3.71. The average molecular weight is 356 g/mol. The summed E-state index contributed by atoms with van der Waals surface area (Å²) in [6.07, 6.45) is 3.48. The Hall–Kier alpha value is -2.69. The number of hydrogen-bond donors (Lipinski definition) is 2. The van der Waals surface area contributed by atoms with Gasteiger partial charge in [0.1, 0.15) is 5.78 Å². The van der Waals surface area contributed by atoms with Crippen molar-refractivity contribution in [2.75, 3.05) is 14.2 Å². The van der Waals surface area contributed by atoms with E-state index >= 15 is 0 Å². The number of Topliss-reactive ketones (excluding diaryl/α,β-unsaturated/α-hetero) is 1. The molecule has 138 valence electrons. The summed E-state index contributed by atoms with van der Waals surface area (Å²) in [5.74, 6) is 0.565. The van der Waals surface area contributed by atoms with Crippen LogP contribution in [0.2, 0.25) is 0 Å². The lowest BCUT2D eigenvalue weighted by atomic mass is 9.82. The van der Waals surface area contributed by atoms with E-state index in [-0.39, 0.29) is 29.1 Å². The van der Waals surface area contributed by atoms with E-state index in [4.69, 9.17) is 9.47 Å². The predicted octanol–water partition coefficient (Wildman–Crippen LogP) is 4.13. The van der Waals surface area contributed by atoms with Gasteiger partial charge >= 0.3 is 0 Å². The van der Waals surface area contributed by atoms with Crippen molar-refractivity contribution in [1.29, 1.82) is 0 Å². The van der Waals surface area contributed by atoms with Crippen molar-refractivity contribution in [3.63, 3.8) is 0 Å². The molecule has 0 heterocycles. The van der Waals surface area contributed by atoms with Crippen LogP contribution < -0.4 is 9.47 Å². The van der Waals surface area contributed by atoms with Gasteiger partial charge in [-0.2, -0.15) is 0 Å². The van der Waals surface area contributed by atoms with Gasteiger partial charge in [-0.25, -0.2) is 0 Å². The molecule has 0 radical (unpaired) electrons. The number of benzene rings is 2. The van der Waals surface area contributed by atoms with E-state index in [0.717, 1.165) is 36.8 Å². The molecule has 0 amide bonds. The molecule has 3 rings (SSSR count). The van der Waals surface area contributed by atoms with E-state index in [1.165, 1.54) is 14.2 Å². The number of hydrogen-bond acceptors (Lipinski definition) is 5. The summed E-state index contributed by atoms with van der Waals surface area (Å²) in [6.45, 7) is 0. The smallest absolute Gasteiger partial charge is 0.160 e. The summed E-state index contributed by atoms with van der Waals surface area (Å²) in [5, 5.41) is 19.6. The maximum Gasteiger partial charge on any atom is 0.160 e. The van der Waals surface area contributed by atoms with E-state index in [0.29, 0.717) is 11.5 Å². The van der Waals surface area contributed by atoms with Crippen LogP contribution in [0.25, 0.3) is 0 Å². The highest BCUT2D eigenvalue weighted by Gasteiger charge is 2.32. The van der Waals surface area contributed by atoms with Gasteiger partial charge in [0.05, 0.1) is 14.2 Å². The minimum Gasteiger partial charge on any atom is -0.504 e. The number of methoxy groups -OCH3 is 2. The molecule has 0 saturated heterocycles. The summed E-state index contributed by atoms with van der Waals surface area (Å²) in [4.78, 5) is 13.3. The molecule has 1 aliphatic rings. The van der Waals surface area contributed by atoms with Gasteiger partial charge in [-0.3, -0.25) is 4.79 Å². The molecule has 0 bridgehead atoms. The quantitative estimate of drug-likeness (QED) is 0.806. The number of ether oxygens (including phenoxy) is 2. The Labute approximate surface area is 153 Å². The molecule has 0 aliphatic heterocycles. The third-order valence-corrected chi connectivity index (χ3v) is 5.13. The Morgan fingerprint density at radius 1 is 0.808 bits per heavy atom. The Morgan fingerprint density at radius 2 is 1.23 bits per heavy atom. The maximum absolute atomic E-state index is 13.3. The topological polar surface area (TPSA) is 76.0 Å². The third kappa shape index (κ3) is 3.47. The molecular weight excluding hydrogens is 332 g/mol. The van der Waals surface area contributed by atoms with E-state index < -0.39 is 0 Å². The van der Waals surface area contributed by atoms with Gasteiger partial charge < -0.3 is 19.7 Å². The van der Waals surface area contributed by atoms with Crippen molar-refractivity contribution in [3.05, 3.63) is 47.5 Å². The monoisotopic (exact) mass is 356 g/mol. The highest BCUT2D eigenvalue weighted by atomic mass is 16.5. The second-order valence-corrected chi connectivity index (χ2v) is 6.65. The summed E-state index contributed by atoms with van der Waals surface area (Å²) in [5.41, 5.74) is 1.73. The predicted molar refractivity (Wildman–Crippen MR) is 98.3 cm³/mol. The first-order valence-electron chi connectivity index (χ1n) is 8.82. The molecule has 2 N–H and O–H groups in total. The van der Waals surface area contributed by atoms with Gasteiger partial charge in [0.2, 0.25) is 0 Å². The number of carbonyl (C=O) groups is 1. The van der Waals surface area contributed by atoms with Crippen molar-refractivity contribution >= 4 is 5.78 Å². The van der Waals surface area contributed by atoms with Crippen molar-refractivity contribution in [2.45, 2.75) is 37.5 Å². The van der Waals surface area contributed by atoms with Crippen molar-refractivity contribution < 1.29 is 24.5 Å². The Kier molecular flexibility index (Phi) is 5.35. The first kappa shape index (κ1) is 18.1. The molecule has 1 saturated carbocycles. The molecule has 2 aromatic carbocycles. The van der Waals surface area contributed by atoms with Crippen LogP contribution in [0.4, 0.5) is 0 Å². The van der Waals surface area contributed by atoms with Gasteiger partial charge in [-0.05, 0) is 48.2 Å². The summed E-state index contributed by atoms with van der Waals surface area (Å²) in [7, 11) is 3.00. The summed E-state index contributed by atoms with van der Waals surface area (Å²) >= 11 is 0. The average Bonchev–Trinajstić information content (AvgIpc) is 2.84. The van der Waals surface area contributed by atoms with Crippen LogP contribution >= 0.6 is 0 Å². The second kappa shape index (κ2) is 7.68. The van der Waals surface area contributed by atoms with Gasteiger partial charge in [-0.1, -0.05) is 25.0 Å². The van der Waals surface area contributed by atoms with Gasteiger partial charge in [0, 0.05) is 11.8 Å². The molecule has 1 aliphatic carbocycles. The lowest BCUT2D eigenvalue weighted by Gasteiger charge is -2.21. The minimum absolute atomic E-state index is 0.0668. The van der Waals surface area contributed by atoms with Crippen LogP contribution in [-0.4, -0.2) is 30.2 Å². The Bertz CT molecular complexity index is 733. The zero-order valence-electron chi connectivity index (χ0n) is 15.1. The molecule has 5 nitrogen and oxygen atoms in total. The van der Waals surface area contributed by atoms with Crippen molar-refractivity contribution in [1.82, 2.24) is 0 Å². The minimum atomic E-state index is -0.239. The number of phenols is 2. The van der Waals surface area contributed by atoms with Crippen LogP contribution in [-0.2, 0) is 4.79 Å². The molecule has 5 heteroatoms. The third-order valence-electron chi connectivity index (χ3n) is 5.13. The SMILES string of the molecule is COc1cc(C2CCCCC(c3ccc(O)c(OC)c3)C2=O)ccc1O. The van der Waals surface area contributed by atoms with Gasteiger partial charge in [0.25, 0.3) is 0 Å². The van der Waals surface area contributed by atoms with Crippen LogP contribution in [0.1, 0.15) is 48.6 Å². The van der Waals surface area contributed by atoms with E-state index in [1.807, 2.05) is 0 Å². The van der Waals surface area contributed by atoms with Gasteiger partial charge in [-0.15, -0.1) is 0 Å². The first-order chi connectivity index (χ1) is 12.5. The van der Waals surface area contributed by atoms with E-state index in [1.54, 1.807) is 36.4 Å². The molecule has 2 aromatic rings. The lowest BCUT2D eigenvalue weighted by Crippen LogP contribution is -2.19. The van der Waals surface area contributed by atoms with Crippen LogP contribution in [0, 0.1) is 0 Å². The highest BCUT2D eigenvalue weighted by Crippen LogP contribution is 2.40. The van der Waals surface area contributed by atoms with Gasteiger partial charge in [0.15, 0.2) is 23.0 Å². The van der Waals surface area contributed by atoms with Crippen molar-refractivity contribution in [3.8, 4) is 23.0 Å². The molecular formula is C21H24O5. The maximum atomic E-state index is 13.3. The summed E-state index contributed by atoms with van der Waals surface area (Å²) < 4.78 is 10.4. The largest absolute Gasteiger partial charge is 0.504 e. The molecule has 0 spiro atoms.